The molecular weight excluding hydrogens is 290 g/mol. The number of hydrogen-bond donors (Lipinski definition) is 2. The van der Waals surface area contributed by atoms with Crippen LogP contribution in [0.2, 0.25) is 0 Å². The monoisotopic (exact) mass is 311 g/mol. The van der Waals surface area contributed by atoms with E-state index >= 15 is 0 Å². The number of aliphatic hydroxyl groups is 1. The second-order valence-corrected chi connectivity index (χ2v) is 6.05. The van der Waals surface area contributed by atoms with Crippen LogP contribution in [0.5, 0.6) is 0 Å². The first-order valence-electron chi connectivity index (χ1n) is 6.90. The second-order valence-electron chi connectivity index (χ2n) is 5.14. The van der Waals surface area contributed by atoms with Crippen molar-refractivity contribution in [3.05, 3.63) is 34.3 Å². The summed E-state index contributed by atoms with van der Waals surface area (Å²) in [5, 5.41) is 13.7. The van der Waals surface area contributed by atoms with E-state index in [1.807, 2.05) is 0 Å². The zero-order valence-electron chi connectivity index (χ0n) is 10.9. The van der Waals surface area contributed by atoms with Crippen LogP contribution in [0.3, 0.4) is 0 Å². The molecule has 3 heteroatoms. The number of rotatable bonds is 4. The highest BCUT2D eigenvalue weighted by Crippen LogP contribution is 2.24. The normalized spacial score (nSPS) is 25.9. The Hall–Kier alpha value is -0.380. The van der Waals surface area contributed by atoms with Crippen LogP contribution in [-0.2, 0) is 0 Å². The number of benzene rings is 1. The molecule has 2 nitrogen and oxygen atoms in total. The lowest BCUT2D eigenvalue weighted by Crippen LogP contribution is -2.43. The van der Waals surface area contributed by atoms with Gasteiger partial charge in [0.05, 0.1) is 6.10 Å². The minimum Gasteiger partial charge on any atom is -0.392 e. The van der Waals surface area contributed by atoms with Crippen molar-refractivity contribution in [3.8, 4) is 0 Å². The van der Waals surface area contributed by atoms with Crippen LogP contribution in [0.25, 0.3) is 0 Å². The van der Waals surface area contributed by atoms with E-state index in [-0.39, 0.29) is 12.1 Å². The van der Waals surface area contributed by atoms with E-state index in [1.165, 1.54) is 12.0 Å². The Bertz CT molecular complexity index is 365. The zero-order chi connectivity index (χ0) is 13.0. The van der Waals surface area contributed by atoms with Crippen molar-refractivity contribution in [2.45, 2.75) is 57.2 Å². The molecular formula is C15H22BrNO. The van der Waals surface area contributed by atoms with E-state index in [0.717, 1.165) is 30.2 Å². The summed E-state index contributed by atoms with van der Waals surface area (Å²) in [4.78, 5) is 0. The van der Waals surface area contributed by atoms with E-state index in [4.69, 9.17) is 0 Å². The fourth-order valence-corrected chi connectivity index (χ4v) is 2.97. The highest BCUT2D eigenvalue weighted by Gasteiger charge is 2.25. The first kappa shape index (κ1) is 14.0. The van der Waals surface area contributed by atoms with Crippen LogP contribution in [0.15, 0.2) is 28.7 Å². The molecule has 1 saturated carbocycles. The Morgan fingerprint density at radius 2 is 1.94 bits per heavy atom. The quantitative estimate of drug-likeness (QED) is 0.886. The number of nitrogens with one attached hydrogen (secondary N) is 1. The van der Waals surface area contributed by atoms with Crippen molar-refractivity contribution < 1.29 is 5.11 Å². The van der Waals surface area contributed by atoms with E-state index in [2.05, 4.69) is 52.4 Å². The SMILES string of the molecule is CCC(NC1CCCCC1O)c1ccc(Br)cc1. The van der Waals surface area contributed by atoms with Gasteiger partial charge in [-0.05, 0) is 37.0 Å². The van der Waals surface area contributed by atoms with Gasteiger partial charge in [0.1, 0.15) is 0 Å². The second kappa shape index (κ2) is 6.69. The van der Waals surface area contributed by atoms with Gasteiger partial charge in [-0.2, -0.15) is 0 Å². The summed E-state index contributed by atoms with van der Waals surface area (Å²) in [6.07, 6.45) is 5.29. The lowest BCUT2D eigenvalue weighted by Gasteiger charge is -2.32. The van der Waals surface area contributed by atoms with Crippen molar-refractivity contribution in [2.75, 3.05) is 0 Å². The average molecular weight is 312 g/mol. The van der Waals surface area contributed by atoms with E-state index in [9.17, 15) is 5.11 Å². The number of aliphatic hydroxyl groups excluding tert-OH is 1. The summed E-state index contributed by atoms with van der Waals surface area (Å²) in [7, 11) is 0. The Balaban J connectivity index is 2.02. The van der Waals surface area contributed by atoms with Crippen molar-refractivity contribution in [2.24, 2.45) is 0 Å². The van der Waals surface area contributed by atoms with Crippen LogP contribution < -0.4 is 5.32 Å². The molecule has 0 saturated heterocycles. The maximum absolute atomic E-state index is 10.0. The summed E-state index contributed by atoms with van der Waals surface area (Å²) >= 11 is 3.46. The van der Waals surface area contributed by atoms with Gasteiger partial charge in [0.25, 0.3) is 0 Å². The van der Waals surface area contributed by atoms with Gasteiger partial charge in [-0.25, -0.2) is 0 Å². The van der Waals surface area contributed by atoms with Gasteiger partial charge in [-0.1, -0.05) is 47.8 Å². The fraction of sp³-hybridized carbons (Fsp3) is 0.600. The number of hydrogen-bond acceptors (Lipinski definition) is 2. The molecule has 0 bridgehead atoms. The highest BCUT2D eigenvalue weighted by molar-refractivity contribution is 9.10. The maximum atomic E-state index is 10.0. The first-order valence-corrected chi connectivity index (χ1v) is 7.69. The predicted molar refractivity (Wildman–Crippen MR) is 78.6 cm³/mol. The lowest BCUT2D eigenvalue weighted by atomic mass is 9.91. The zero-order valence-corrected chi connectivity index (χ0v) is 12.5. The van der Waals surface area contributed by atoms with Gasteiger partial charge in [0.15, 0.2) is 0 Å². The van der Waals surface area contributed by atoms with Gasteiger partial charge < -0.3 is 10.4 Å². The lowest BCUT2D eigenvalue weighted by molar-refractivity contribution is 0.0844. The third-order valence-corrected chi connectivity index (χ3v) is 4.35. The highest BCUT2D eigenvalue weighted by atomic mass is 79.9. The molecule has 18 heavy (non-hydrogen) atoms. The van der Waals surface area contributed by atoms with E-state index < -0.39 is 0 Å². The minimum absolute atomic E-state index is 0.178. The Morgan fingerprint density at radius 1 is 1.28 bits per heavy atom. The molecule has 3 unspecified atom stereocenters. The molecule has 2 N–H and O–H groups in total. The Morgan fingerprint density at radius 3 is 2.56 bits per heavy atom. The molecule has 1 aromatic rings. The molecule has 100 valence electrons. The van der Waals surface area contributed by atoms with Gasteiger partial charge >= 0.3 is 0 Å². The van der Waals surface area contributed by atoms with Crippen LogP contribution in [-0.4, -0.2) is 17.3 Å². The van der Waals surface area contributed by atoms with E-state index in [0.29, 0.717) is 6.04 Å². The standard InChI is InChI=1S/C15H22BrNO/c1-2-13(11-7-9-12(16)10-8-11)17-14-5-3-4-6-15(14)18/h7-10,13-15,17-18H,2-6H2,1H3. The third-order valence-electron chi connectivity index (χ3n) is 3.83. The van der Waals surface area contributed by atoms with Crippen molar-refractivity contribution >= 4 is 15.9 Å². The topological polar surface area (TPSA) is 32.3 Å². The first-order chi connectivity index (χ1) is 8.70. The Labute approximate surface area is 118 Å². The molecule has 0 radical (unpaired) electrons. The van der Waals surface area contributed by atoms with Crippen LogP contribution >= 0.6 is 15.9 Å². The molecule has 0 amide bonds. The van der Waals surface area contributed by atoms with Crippen molar-refractivity contribution in [1.82, 2.24) is 5.32 Å². The summed E-state index contributed by atoms with van der Waals surface area (Å²) in [6.45, 7) is 2.19. The molecule has 3 atom stereocenters. The molecule has 1 aromatic carbocycles. The molecule has 0 aromatic heterocycles. The maximum Gasteiger partial charge on any atom is 0.0693 e. The van der Waals surface area contributed by atoms with E-state index in [1.54, 1.807) is 0 Å². The predicted octanol–water partition coefficient (Wildman–Crippen LogP) is 3.79. The van der Waals surface area contributed by atoms with Gasteiger partial charge in [-0.15, -0.1) is 0 Å². The average Bonchev–Trinajstić information content (AvgIpc) is 2.39. The Kier molecular flexibility index (Phi) is 5.22. The van der Waals surface area contributed by atoms with Crippen LogP contribution in [0.1, 0.15) is 50.6 Å². The van der Waals surface area contributed by atoms with Gasteiger partial charge in [0.2, 0.25) is 0 Å². The molecule has 1 aliphatic carbocycles. The minimum atomic E-state index is -0.178. The summed E-state index contributed by atoms with van der Waals surface area (Å²) < 4.78 is 1.11. The van der Waals surface area contributed by atoms with Crippen LogP contribution in [0.4, 0.5) is 0 Å². The molecule has 1 fully saturated rings. The van der Waals surface area contributed by atoms with Gasteiger partial charge in [-0.3, -0.25) is 0 Å². The molecule has 0 spiro atoms. The largest absolute Gasteiger partial charge is 0.392 e. The van der Waals surface area contributed by atoms with Crippen molar-refractivity contribution in [3.63, 3.8) is 0 Å². The molecule has 1 aliphatic rings. The third kappa shape index (κ3) is 3.56. The van der Waals surface area contributed by atoms with Gasteiger partial charge in [0, 0.05) is 16.6 Å². The van der Waals surface area contributed by atoms with Crippen LogP contribution in [0, 0.1) is 0 Å². The van der Waals surface area contributed by atoms with Crippen molar-refractivity contribution in [1.29, 1.82) is 0 Å². The molecule has 2 rings (SSSR count). The smallest absolute Gasteiger partial charge is 0.0693 e. The molecule has 0 heterocycles. The summed E-state index contributed by atoms with van der Waals surface area (Å²) in [5.74, 6) is 0. The number of halogens is 1. The fourth-order valence-electron chi connectivity index (χ4n) is 2.71. The summed E-state index contributed by atoms with van der Waals surface area (Å²) in [6, 6.07) is 9.07. The summed E-state index contributed by atoms with van der Waals surface area (Å²) in [5.41, 5.74) is 1.30. The molecule has 0 aliphatic heterocycles.